The number of carbonyl (C=O) groups excluding carboxylic acids is 2. The molecule has 0 saturated heterocycles. The van der Waals surface area contributed by atoms with Crippen molar-refractivity contribution in [2.75, 3.05) is 30.9 Å². The fourth-order valence-corrected chi connectivity index (χ4v) is 2.47. The third-order valence-corrected chi connectivity index (χ3v) is 3.79. The second-order valence-electron chi connectivity index (χ2n) is 6.13. The fourth-order valence-electron chi connectivity index (χ4n) is 2.47. The highest BCUT2D eigenvalue weighted by molar-refractivity contribution is 6.05. The van der Waals surface area contributed by atoms with E-state index in [-0.39, 0.29) is 24.4 Å². The minimum absolute atomic E-state index is 0.0571. The lowest BCUT2D eigenvalue weighted by atomic mass is 10.1. The lowest BCUT2D eigenvalue weighted by Crippen LogP contribution is -2.39. The maximum absolute atomic E-state index is 12.4. The molecule has 0 aromatic heterocycles. The highest BCUT2D eigenvalue weighted by atomic mass is 16.5. The Labute approximate surface area is 153 Å². The van der Waals surface area contributed by atoms with E-state index in [0.717, 1.165) is 16.9 Å². The highest BCUT2D eigenvalue weighted by Gasteiger charge is 2.11. The number of hydrogen-bond acceptors (Lipinski definition) is 4. The van der Waals surface area contributed by atoms with Crippen molar-refractivity contribution >= 4 is 23.2 Å². The summed E-state index contributed by atoms with van der Waals surface area (Å²) in [5.41, 5.74) is 2.97. The van der Waals surface area contributed by atoms with E-state index in [9.17, 15) is 9.59 Å². The van der Waals surface area contributed by atoms with Crippen molar-refractivity contribution in [3.8, 4) is 0 Å². The molecule has 0 aliphatic carbocycles. The molecule has 2 aromatic carbocycles. The van der Waals surface area contributed by atoms with Crippen molar-refractivity contribution in [2.45, 2.75) is 19.9 Å². The maximum Gasteiger partial charge on any atom is 0.255 e. The van der Waals surface area contributed by atoms with Crippen LogP contribution in [-0.4, -0.2) is 38.1 Å². The number of hydrogen-bond donors (Lipinski definition) is 3. The first-order valence-electron chi connectivity index (χ1n) is 8.49. The lowest BCUT2D eigenvalue weighted by molar-refractivity contribution is -0.120. The number of amides is 2. The normalized spacial score (nSPS) is 11.5. The van der Waals surface area contributed by atoms with Gasteiger partial charge in [0.05, 0.1) is 13.2 Å². The van der Waals surface area contributed by atoms with E-state index in [0.29, 0.717) is 12.2 Å². The second-order valence-corrected chi connectivity index (χ2v) is 6.13. The summed E-state index contributed by atoms with van der Waals surface area (Å²) in [6.45, 7) is 4.38. The molecule has 0 saturated carbocycles. The summed E-state index contributed by atoms with van der Waals surface area (Å²) in [5.74, 6) is -0.328. The summed E-state index contributed by atoms with van der Waals surface area (Å²) in [7, 11) is 1.59. The number of carbonyl (C=O) groups is 2. The number of aryl methyl sites for hydroxylation is 1. The Morgan fingerprint density at radius 3 is 2.54 bits per heavy atom. The minimum atomic E-state index is -0.197. The van der Waals surface area contributed by atoms with Gasteiger partial charge in [-0.2, -0.15) is 0 Å². The summed E-state index contributed by atoms with van der Waals surface area (Å²) in [6.07, 6.45) is 0. The average Bonchev–Trinajstić information content (AvgIpc) is 2.62. The van der Waals surface area contributed by atoms with Crippen LogP contribution in [0, 0.1) is 6.92 Å². The Morgan fingerprint density at radius 1 is 1.12 bits per heavy atom. The maximum atomic E-state index is 12.4. The largest absolute Gasteiger partial charge is 0.383 e. The number of nitrogens with one attached hydrogen (secondary N) is 3. The summed E-state index contributed by atoms with van der Waals surface area (Å²) >= 11 is 0. The molecule has 3 N–H and O–H groups in total. The number of rotatable bonds is 8. The van der Waals surface area contributed by atoms with Gasteiger partial charge < -0.3 is 20.7 Å². The molecule has 6 heteroatoms. The Bertz CT molecular complexity index is 747. The molecule has 0 heterocycles. The first-order chi connectivity index (χ1) is 12.5. The van der Waals surface area contributed by atoms with Crippen LogP contribution >= 0.6 is 0 Å². The Morgan fingerprint density at radius 2 is 1.85 bits per heavy atom. The zero-order chi connectivity index (χ0) is 18.9. The van der Waals surface area contributed by atoms with Crippen molar-refractivity contribution in [2.24, 2.45) is 0 Å². The van der Waals surface area contributed by atoms with Gasteiger partial charge in [0.15, 0.2) is 0 Å². The quantitative estimate of drug-likeness (QED) is 0.680. The van der Waals surface area contributed by atoms with E-state index in [1.54, 1.807) is 19.2 Å². The van der Waals surface area contributed by atoms with Crippen molar-refractivity contribution in [3.63, 3.8) is 0 Å². The number of para-hydroxylation sites is 1. The van der Waals surface area contributed by atoms with Crippen LogP contribution in [0.3, 0.4) is 0 Å². The van der Waals surface area contributed by atoms with Crippen LogP contribution < -0.4 is 16.0 Å². The highest BCUT2D eigenvalue weighted by Crippen LogP contribution is 2.18. The van der Waals surface area contributed by atoms with Gasteiger partial charge in [-0.1, -0.05) is 24.3 Å². The van der Waals surface area contributed by atoms with Crippen LogP contribution in [0.15, 0.2) is 48.5 Å². The van der Waals surface area contributed by atoms with E-state index < -0.39 is 0 Å². The minimum Gasteiger partial charge on any atom is -0.383 e. The van der Waals surface area contributed by atoms with E-state index in [4.69, 9.17) is 4.74 Å². The third-order valence-electron chi connectivity index (χ3n) is 3.79. The summed E-state index contributed by atoms with van der Waals surface area (Å²) in [4.78, 5) is 24.4. The van der Waals surface area contributed by atoms with Crippen LogP contribution in [0.5, 0.6) is 0 Å². The molecular weight excluding hydrogens is 330 g/mol. The van der Waals surface area contributed by atoms with Crippen LogP contribution in [-0.2, 0) is 9.53 Å². The molecule has 0 bridgehead atoms. The molecule has 0 aliphatic rings. The van der Waals surface area contributed by atoms with Crippen molar-refractivity contribution in [1.82, 2.24) is 5.32 Å². The fraction of sp³-hybridized carbons (Fsp3) is 0.300. The molecule has 26 heavy (non-hydrogen) atoms. The molecule has 0 fully saturated rings. The van der Waals surface area contributed by atoms with Crippen LogP contribution in [0.4, 0.5) is 11.4 Å². The molecule has 2 rings (SSSR count). The van der Waals surface area contributed by atoms with Crippen molar-refractivity contribution in [1.29, 1.82) is 0 Å². The molecule has 0 aliphatic heterocycles. The van der Waals surface area contributed by atoms with Gasteiger partial charge in [0.2, 0.25) is 5.91 Å². The van der Waals surface area contributed by atoms with Crippen LogP contribution in [0.1, 0.15) is 22.8 Å². The van der Waals surface area contributed by atoms with Gasteiger partial charge in [0.25, 0.3) is 5.91 Å². The Kier molecular flexibility index (Phi) is 7.17. The predicted molar refractivity (Wildman–Crippen MR) is 104 cm³/mol. The third kappa shape index (κ3) is 5.89. The predicted octanol–water partition coefficient (Wildman–Crippen LogP) is 2.81. The van der Waals surface area contributed by atoms with E-state index in [1.165, 1.54) is 0 Å². The molecular formula is C20H25N3O3. The van der Waals surface area contributed by atoms with E-state index >= 15 is 0 Å². The Balaban J connectivity index is 1.98. The SMILES string of the molecule is COC[C@H](C)NC(=O)CNc1cc(C(=O)Nc2ccccc2)ccc1C. The van der Waals surface area contributed by atoms with E-state index in [1.807, 2.05) is 50.2 Å². The van der Waals surface area contributed by atoms with Crippen molar-refractivity contribution < 1.29 is 14.3 Å². The molecule has 1 atom stereocenters. The lowest BCUT2D eigenvalue weighted by Gasteiger charge is -2.15. The summed E-state index contributed by atoms with van der Waals surface area (Å²) in [5, 5.41) is 8.77. The van der Waals surface area contributed by atoms with Gasteiger partial charge in [0.1, 0.15) is 0 Å². The first-order valence-corrected chi connectivity index (χ1v) is 8.49. The zero-order valence-corrected chi connectivity index (χ0v) is 15.3. The number of benzene rings is 2. The van der Waals surface area contributed by atoms with Gasteiger partial charge in [-0.25, -0.2) is 0 Å². The second kappa shape index (κ2) is 9.58. The number of ether oxygens (including phenoxy) is 1. The first kappa shape index (κ1) is 19.5. The van der Waals surface area contributed by atoms with Gasteiger partial charge in [0, 0.05) is 30.1 Å². The van der Waals surface area contributed by atoms with E-state index in [2.05, 4.69) is 16.0 Å². The molecule has 2 amide bonds. The van der Waals surface area contributed by atoms with Gasteiger partial charge in [-0.15, -0.1) is 0 Å². The molecule has 6 nitrogen and oxygen atoms in total. The van der Waals surface area contributed by atoms with Crippen LogP contribution in [0.2, 0.25) is 0 Å². The zero-order valence-electron chi connectivity index (χ0n) is 15.3. The van der Waals surface area contributed by atoms with Gasteiger partial charge >= 0.3 is 0 Å². The number of anilines is 2. The van der Waals surface area contributed by atoms with Gasteiger partial charge in [-0.05, 0) is 43.7 Å². The number of methoxy groups -OCH3 is 1. The summed E-state index contributed by atoms with van der Waals surface area (Å²) < 4.78 is 5.00. The molecule has 2 aromatic rings. The monoisotopic (exact) mass is 355 g/mol. The smallest absolute Gasteiger partial charge is 0.255 e. The topological polar surface area (TPSA) is 79.5 Å². The molecule has 0 spiro atoms. The molecule has 0 radical (unpaired) electrons. The Hall–Kier alpha value is -2.86. The van der Waals surface area contributed by atoms with Gasteiger partial charge in [-0.3, -0.25) is 9.59 Å². The van der Waals surface area contributed by atoms with Crippen LogP contribution in [0.25, 0.3) is 0 Å². The van der Waals surface area contributed by atoms with Crippen molar-refractivity contribution in [3.05, 3.63) is 59.7 Å². The molecule has 138 valence electrons. The summed E-state index contributed by atoms with van der Waals surface area (Å²) in [6, 6.07) is 14.6. The average molecular weight is 355 g/mol. The standard InChI is InChI=1S/C20H25N3O3/c1-14-9-10-16(20(25)23-17-7-5-4-6-8-17)11-18(14)21-12-19(24)22-15(2)13-26-3/h4-11,15,21H,12-13H2,1-3H3,(H,22,24)(H,23,25)/t15-/m0/s1. The molecule has 0 unspecified atom stereocenters.